The largest absolute Gasteiger partial charge is 0.389 e. The molecule has 1 atom stereocenters. The molecule has 0 spiro atoms. The molecule has 1 unspecified atom stereocenters. The molecule has 2 aromatic rings. The average molecular weight is 312 g/mol. The molecule has 0 radical (unpaired) electrons. The van der Waals surface area contributed by atoms with Gasteiger partial charge in [0.1, 0.15) is 10.00 Å². The van der Waals surface area contributed by atoms with Crippen LogP contribution in [0.1, 0.15) is 30.0 Å². The number of nitrogens with zero attached hydrogens (tertiary/aromatic N) is 1. The molecule has 100 valence electrons. The van der Waals surface area contributed by atoms with E-state index in [0.717, 1.165) is 22.7 Å². The van der Waals surface area contributed by atoms with Crippen molar-refractivity contribution >= 4 is 45.8 Å². The van der Waals surface area contributed by atoms with Crippen LogP contribution in [0.5, 0.6) is 0 Å². The van der Waals surface area contributed by atoms with Gasteiger partial charge in [-0.3, -0.25) is 0 Å². The van der Waals surface area contributed by atoms with Crippen molar-refractivity contribution in [3.05, 3.63) is 45.4 Å². The quantitative estimate of drug-likeness (QED) is 0.820. The summed E-state index contributed by atoms with van der Waals surface area (Å²) in [4.78, 5) is 4.68. The predicted octanol–water partition coefficient (Wildman–Crippen LogP) is 3.99. The van der Waals surface area contributed by atoms with Crippen molar-refractivity contribution in [2.24, 2.45) is 5.73 Å². The number of thiazole rings is 1. The minimum atomic E-state index is 0.160. The molecule has 3 nitrogen and oxygen atoms in total. The van der Waals surface area contributed by atoms with E-state index in [9.17, 15) is 0 Å². The Hall–Kier alpha value is -1.17. The molecule has 1 aromatic carbocycles. The number of nitrogens with one attached hydrogen (secondary N) is 1. The fourth-order valence-electron chi connectivity index (χ4n) is 1.72. The standard InChI is InChI=1S/C13H14ClN3S2/c1-2-10(13-16-5-6-19-13)17-11-4-3-8(12(15)18)7-9(11)14/h3-7,10,17H,2H2,1H3,(H2,15,18). The highest BCUT2D eigenvalue weighted by atomic mass is 35.5. The number of halogens is 1. The molecular formula is C13H14ClN3S2. The lowest BCUT2D eigenvalue weighted by Crippen LogP contribution is -2.12. The van der Waals surface area contributed by atoms with Gasteiger partial charge in [-0.2, -0.15) is 0 Å². The van der Waals surface area contributed by atoms with Crippen molar-refractivity contribution in [3.63, 3.8) is 0 Å². The second-order valence-electron chi connectivity index (χ2n) is 4.03. The third-order valence-electron chi connectivity index (χ3n) is 2.74. The number of thiocarbonyl (C=S) groups is 1. The zero-order chi connectivity index (χ0) is 13.8. The lowest BCUT2D eigenvalue weighted by atomic mass is 10.1. The Labute approximate surface area is 126 Å². The molecule has 0 saturated heterocycles. The molecule has 19 heavy (non-hydrogen) atoms. The summed E-state index contributed by atoms with van der Waals surface area (Å²) in [5, 5.41) is 7.03. The Morgan fingerprint density at radius 3 is 2.89 bits per heavy atom. The summed E-state index contributed by atoms with van der Waals surface area (Å²) in [5.41, 5.74) is 7.22. The van der Waals surface area contributed by atoms with Crippen LogP contribution in [-0.2, 0) is 0 Å². The topological polar surface area (TPSA) is 50.9 Å². The van der Waals surface area contributed by atoms with Crippen molar-refractivity contribution in [2.75, 3.05) is 5.32 Å². The fourth-order valence-corrected chi connectivity index (χ4v) is 2.85. The molecule has 0 fully saturated rings. The molecule has 0 aliphatic rings. The summed E-state index contributed by atoms with van der Waals surface area (Å²) >= 11 is 12.8. The molecule has 0 amide bonds. The first-order chi connectivity index (χ1) is 9.11. The van der Waals surface area contributed by atoms with E-state index in [0.29, 0.717) is 10.0 Å². The number of hydrogen-bond donors (Lipinski definition) is 2. The van der Waals surface area contributed by atoms with Gasteiger partial charge in [0.2, 0.25) is 0 Å². The van der Waals surface area contributed by atoms with Gasteiger partial charge >= 0.3 is 0 Å². The van der Waals surface area contributed by atoms with Gasteiger partial charge in [0.05, 0.1) is 16.8 Å². The van der Waals surface area contributed by atoms with Crippen LogP contribution < -0.4 is 11.1 Å². The monoisotopic (exact) mass is 311 g/mol. The molecule has 1 aromatic heterocycles. The van der Waals surface area contributed by atoms with Crippen LogP contribution in [0.15, 0.2) is 29.8 Å². The van der Waals surface area contributed by atoms with Crippen molar-refractivity contribution < 1.29 is 0 Å². The van der Waals surface area contributed by atoms with Gasteiger partial charge in [-0.1, -0.05) is 30.7 Å². The Morgan fingerprint density at radius 1 is 1.58 bits per heavy atom. The summed E-state index contributed by atoms with van der Waals surface area (Å²) in [6, 6.07) is 5.70. The number of anilines is 1. The number of aromatic nitrogens is 1. The van der Waals surface area contributed by atoms with Gasteiger partial charge in [0, 0.05) is 17.1 Å². The lowest BCUT2D eigenvalue weighted by molar-refractivity contribution is 0.742. The van der Waals surface area contributed by atoms with Gasteiger partial charge in [-0.05, 0) is 24.6 Å². The van der Waals surface area contributed by atoms with Gasteiger partial charge in [0.25, 0.3) is 0 Å². The van der Waals surface area contributed by atoms with E-state index in [1.165, 1.54) is 0 Å². The third kappa shape index (κ3) is 3.43. The predicted molar refractivity (Wildman–Crippen MR) is 86.1 cm³/mol. The summed E-state index contributed by atoms with van der Waals surface area (Å²) in [5.74, 6) is 0. The highest BCUT2D eigenvalue weighted by Gasteiger charge is 2.13. The van der Waals surface area contributed by atoms with E-state index in [1.54, 1.807) is 17.4 Å². The molecule has 0 saturated carbocycles. The zero-order valence-electron chi connectivity index (χ0n) is 10.4. The number of rotatable bonds is 5. The van der Waals surface area contributed by atoms with Gasteiger partial charge in [-0.15, -0.1) is 11.3 Å². The van der Waals surface area contributed by atoms with E-state index in [-0.39, 0.29) is 6.04 Å². The van der Waals surface area contributed by atoms with Crippen molar-refractivity contribution in [2.45, 2.75) is 19.4 Å². The maximum atomic E-state index is 6.24. The SMILES string of the molecule is CCC(Nc1ccc(C(N)=S)cc1Cl)c1nccs1. The molecule has 0 bridgehead atoms. The molecular weight excluding hydrogens is 298 g/mol. The molecule has 0 aliphatic carbocycles. The molecule has 0 aliphatic heterocycles. The van der Waals surface area contributed by atoms with E-state index in [1.807, 2.05) is 23.7 Å². The summed E-state index contributed by atoms with van der Waals surface area (Å²) in [7, 11) is 0. The Kier molecular flexibility index (Phi) is 4.74. The zero-order valence-corrected chi connectivity index (χ0v) is 12.8. The molecule has 6 heteroatoms. The first-order valence-corrected chi connectivity index (χ1v) is 7.53. The van der Waals surface area contributed by atoms with Crippen molar-refractivity contribution in [1.82, 2.24) is 4.98 Å². The highest BCUT2D eigenvalue weighted by Crippen LogP contribution is 2.29. The van der Waals surface area contributed by atoms with Crippen LogP contribution in [0.25, 0.3) is 0 Å². The average Bonchev–Trinajstić information content (AvgIpc) is 2.91. The Morgan fingerprint density at radius 2 is 2.37 bits per heavy atom. The lowest BCUT2D eigenvalue weighted by Gasteiger charge is -2.17. The highest BCUT2D eigenvalue weighted by molar-refractivity contribution is 7.80. The van der Waals surface area contributed by atoms with Crippen LogP contribution in [0, 0.1) is 0 Å². The molecule has 3 N–H and O–H groups in total. The minimum absolute atomic E-state index is 0.160. The fraction of sp³-hybridized carbons (Fsp3) is 0.231. The Balaban J connectivity index is 2.21. The minimum Gasteiger partial charge on any atom is -0.389 e. The summed E-state index contributed by atoms with van der Waals surface area (Å²) in [6.07, 6.45) is 2.74. The summed E-state index contributed by atoms with van der Waals surface area (Å²) in [6.45, 7) is 2.11. The first-order valence-electron chi connectivity index (χ1n) is 5.87. The van der Waals surface area contributed by atoms with Crippen molar-refractivity contribution in [3.8, 4) is 0 Å². The Bertz CT molecular complexity index is 569. The van der Waals surface area contributed by atoms with E-state index < -0.39 is 0 Å². The van der Waals surface area contributed by atoms with Gasteiger partial charge in [-0.25, -0.2) is 4.98 Å². The smallest absolute Gasteiger partial charge is 0.115 e. The van der Waals surface area contributed by atoms with Gasteiger partial charge < -0.3 is 11.1 Å². The maximum absolute atomic E-state index is 6.24. The number of hydrogen-bond acceptors (Lipinski definition) is 4. The second-order valence-corrected chi connectivity index (χ2v) is 5.81. The van der Waals surface area contributed by atoms with Crippen LogP contribution in [0.2, 0.25) is 5.02 Å². The van der Waals surface area contributed by atoms with Crippen LogP contribution in [-0.4, -0.2) is 9.97 Å². The van der Waals surface area contributed by atoms with Gasteiger partial charge in [0.15, 0.2) is 0 Å². The molecule has 1 heterocycles. The maximum Gasteiger partial charge on any atom is 0.115 e. The normalized spacial score (nSPS) is 12.1. The van der Waals surface area contributed by atoms with Crippen LogP contribution in [0.4, 0.5) is 5.69 Å². The first kappa shape index (κ1) is 14.2. The number of benzene rings is 1. The molecule has 2 rings (SSSR count). The summed E-state index contributed by atoms with van der Waals surface area (Å²) < 4.78 is 0. The second kappa shape index (κ2) is 6.32. The van der Waals surface area contributed by atoms with E-state index >= 15 is 0 Å². The third-order valence-corrected chi connectivity index (χ3v) is 4.18. The van der Waals surface area contributed by atoms with Crippen LogP contribution in [0.3, 0.4) is 0 Å². The number of nitrogens with two attached hydrogens (primary N) is 1. The van der Waals surface area contributed by atoms with E-state index in [2.05, 4.69) is 17.2 Å². The van der Waals surface area contributed by atoms with E-state index in [4.69, 9.17) is 29.6 Å². The van der Waals surface area contributed by atoms with Crippen LogP contribution >= 0.6 is 35.2 Å². The van der Waals surface area contributed by atoms with Crippen molar-refractivity contribution in [1.29, 1.82) is 0 Å².